The molecule has 0 aromatic rings. The molecule has 1 rings (SSSR count). The molecule has 0 aromatic carbocycles. The van der Waals surface area contributed by atoms with E-state index in [2.05, 4.69) is 0 Å². The Morgan fingerprint density at radius 1 is 1.24 bits per heavy atom. The lowest BCUT2D eigenvalue weighted by atomic mass is 9.79. The highest BCUT2D eigenvalue weighted by molar-refractivity contribution is 5.87. The van der Waals surface area contributed by atoms with Gasteiger partial charge in [-0.25, -0.2) is 0 Å². The van der Waals surface area contributed by atoms with Crippen LogP contribution in [0.3, 0.4) is 0 Å². The van der Waals surface area contributed by atoms with Crippen molar-refractivity contribution in [1.29, 1.82) is 0 Å². The Morgan fingerprint density at radius 3 is 2.38 bits per heavy atom. The third-order valence-corrected chi connectivity index (χ3v) is 4.78. The number of carbonyl (C=O) groups is 3. The predicted molar refractivity (Wildman–Crippen MR) is 81.4 cm³/mol. The fourth-order valence-corrected chi connectivity index (χ4v) is 2.53. The summed E-state index contributed by atoms with van der Waals surface area (Å²) in [5, 5.41) is 0. The molecule has 0 aliphatic carbocycles. The van der Waals surface area contributed by atoms with Gasteiger partial charge in [-0.15, -0.1) is 0 Å². The van der Waals surface area contributed by atoms with E-state index >= 15 is 0 Å². The minimum absolute atomic E-state index is 0.0497. The Balaban J connectivity index is 2.66. The Bertz CT molecular complexity index is 416. The number of hydrogen-bond donors (Lipinski definition) is 1. The van der Waals surface area contributed by atoms with E-state index in [1.165, 1.54) is 0 Å². The highest BCUT2D eigenvalue weighted by Gasteiger charge is 2.37. The summed E-state index contributed by atoms with van der Waals surface area (Å²) in [6.07, 6.45) is 1.92. The number of rotatable bonds is 6. The summed E-state index contributed by atoms with van der Waals surface area (Å²) >= 11 is 0. The molecule has 0 bridgehead atoms. The first-order valence-electron chi connectivity index (χ1n) is 7.76. The third kappa shape index (κ3) is 4.55. The van der Waals surface area contributed by atoms with Gasteiger partial charge in [0.25, 0.3) is 0 Å². The van der Waals surface area contributed by atoms with E-state index in [0.29, 0.717) is 13.1 Å². The SMILES string of the molecule is CC(C)C(C)(C)C(=O)N1CCCC(C(=O)CCC(N)=O)C1. The standard InChI is InChI=1S/C16H28N2O3/c1-11(2)16(3,4)15(21)18-9-5-6-12(10-18)13(19)7-8-14(17)20/h11-12H,5-10H2,1-4H3,(H2,17,20). The summed E-state index contributed by atoms with van der Waals surface area (Å²) in [4.78, 5) is 37.3. The summed E-state index contributed by atoms with van der Waals surface area (Å²) in [5.74, 6) is -0.187. The molecule has 0 spiro atoms. The Morgan fingerprint density at radius 2 is 1.86 bits per heavy atom. The van der Waals surface area contributed by atoms with Crippen molar-refractivity contribution in [1.82, 2.24) is 4.90 Å². The lowest BCUT2D eigenvalue weighted by molar-refractivity contribution is -0.145. The molecular formula is C16H28N2O3. The van der Waals surface area contributed by atoms with Gasteiger partial charge in [0.1, 0.15) is 5.78 Å². The zero-order valence-corrected chi connectivity index (χ0v) is 13.6. The fourth-order valence-electron chi connectivity index (χ4n) is 2.53. The Labute approximate surface area is 127 Å². The van der Waals surface area contributed by atoms with Gasteiger partial charge in [-0.3, -0.25) is 14.4 Å². The quantitative estimate of drug-likeness (QED) is 0.810. The van der Waals surface area contributed by atoms with Crippen molar-refractivity contribution in [3.63, 3.8) is 0 Å². The van der Waals surface area contributed by atoms with Crippen molar-refractivity contribution in [2.45, 2.75) is 53.4 Å². The maximum absolute atomic E-state index is 12.6. The molecule has 5 nitrogen and oxygen atoms in total. The summed E-state index contributed by atoms with van der Waals surface area (Å²) < 4.78 is 0. The van der Waals surface area contributed by atoms with E-state index in [1.54, 1.807) is 0 Å². The first-order chi connectivity index (χ1) is 9.66. The van der Waals surface area contributed by atoms with Gasteiger partial charge in [0.2, 0.25) is 11.8 Å². The number of hydrogen-bond acceptors (Lipinski definition) is 3. The summed E-state index contributed by atoms with van der Waals surface area (Å²) in [6, 6.07) is 0. The zero-order chi connectivity index (χ0) is 16.2. The molecule has 1 unspecified atom stereocenters. The number of primary amides is 1. The molecule has 0 radical (unpaired) electrons. The number of nitrogens with zero attached hydrogens (tertiary/aromatic N) is 1. The Kier molecular flexibility index (Phi) is 5.93. The van der Waals surface area contributed by atoms with Crippen molar-refractivity contribution < 1.29 is 14.4 Å². The number of likely N-dealkylation sites (tertiary alicyclic amines) is 1. The van der Waals surface area contributed by atoms with Gasteiger partial charge >= 0.3 is 0 Å². The number of ketones is 1. The molecular weight excluding hydrogens is 268 g/mol. The number of carbonyl (C=O) groups excluding carboxylic acids is 3. The normalized spacial score (nSPS) is 19.7. The maximum atomic E-state index is 12.6. The van der Waals surface area contributed by atoms with Crippen LogP contribution in [-0.2, 0) is 14.4 Å². The van der Waals surface area contributed by atoms with Crippen LogP contribution in [0.4, 0.5) is 0 Å². The van der Waals surface area contributed by atoms with E-state index < -0.39 is 11.3 Å². The highest BCUT2D eigenvalue weighted by Crippen LogP contribution is 2.31. The van der Waals surface area contributed by atoms with Crippen LogP contribution < -0.4 is 5.73 Å². The lowest BCUT2D eigenvalue weighted by Gasteiger charge is -2.39. The smallest absolute Gasteiger partial charge is 0.228 e. The number of amides is 2. The van der Waals surface area contributed by atoms with E-state index in [-0.39, 0.29) is 36.4 Å². The summed E-state index contributed by atoms with van der Waals surface area (Å²) in [7, 11) is 0. The van der Waals surface area contributed by atoms with Gasteiger partial charge in [-0.2, -0.15) is 0 Å². The minimum Gasteiger partial charge on any atom is -0.370 e. The van der Waals surface area contributed by atoms with Crippen LogP contribution >= 0.6 is 0 Å². The van der Waals surface area contributed by atoms with E-state index in [9.17, 15) is 14.4 Å². The van der Waals surface area contributed by atoms with Gasteiger partial charge in [0.15, 0.2) is 0 Å². The van der Waals surface area contributed by atoms with Crippen LogP contribution in [-0.4, -0.2) is 35.6 Å². The molecule has 5 heteroatoms. The maximum Gasteiger partial charge on any atom is 0.228 e. The topological polar surface area (TPSA) is 80.5 Å². The second-order valence-corrected chi connectivity index (χ2v) is 6.90. The molecule has 1 atom stereocenters. The van der Waals surface area contributed by atoms with Crippen LogP contribution in [0.25, 0.3) is 0 Å². The molecule has 1 aliphatic heterocycles. The van der Waals surface area contributed by atoms with Crippen LogP contribution in [0.15, 0.2) is 0 Å². The van der Waals surface area contributed by atoms with Gasteiger partial charge in [-0.1, -0.05) is 27.7 Å². The Hall–Kier alpha value is -1.39. The lowest BCUT2D eigenvalue weighted by Crippen LogP contribution is -2.49. The molecule has 2 N–H and O–H groups in total. The molecule has 0 saturated carbocycles. The highest BCUT2D eigenvalue weighted by atomic mass is 16.2. The van der Waals surface area contributed by atoms with Crippen LogP contribution in [0.5, 0.6) is 0 Å². The average molecular weight is 296 g/mol. The van der Waals surface area contributed by atoms with Gasteiger partial charge in [0, 0.05) is 37.3 Å². The monoisotopic (exact) mass is 296 g/mol. The van der Waals surface area contributed by atoms with Crippen molar-refractivity contribution >= 4 is 17.6 Å². The van der Waals surface area contributed by atoms with Crippen molar-refractivity contribution in [3.8, 4) is 0 Å². The number of nitrogens with two attached hydrogens (primary N) is 1. The van der Waals surface area contributed by atoms with Crippen molar-refractivity contribution in [2.24, 2.45) is 23.0 Å². The van der Waals surface area contributed by atoms with E-state index in [4.69, 9.17) is 5.73 Å². The summed E-state index contributed by atoms with van der Waals surface area (Å²) in [5.41, 5.74) is 4.66. The van der Waals surface area contributed by atoms with Gasteiger partial charge in [0.05, 0.1) is 0 Å². The summed E-state index contributed by atoms with van der Waals surface area (Å²) in [6.45, 7) is 9.19. The fraction of sp³-hybridized carbons (Fsp3) is 0.812. The molecule has 1 aliphatic rings. The molecule has 0 aromatic heterocycles. The van der Waals surface area contributed by atoms with Gasteiger partial charge < -0.3 is 10.6 Å². The largest absolute Gasteiger partial charge is 0.370 e. The van der Waals surface area contributed by atoms with E-state index in [0.717, 1.165) is 12.8 Å². The molecule has 1 saturated heterocycles. The minimum atomic E-state index is -0.451. The number of piperidine rings is 1. The average Bonchev–Trinajstić information content (AvgIpc) is 2.43. The third-order valence-electron chi connectivity index (χ3n) is 4.78. The van der Waals surface area contributed by atoms with E-state index in [1.807, 2.05) is 32.6 Å². The molecule has 1 heterocycles. The molecule has 1 fully saturated rings. The second kappa shape index (κ2) is 7.05. The number of Topliss-reactive ketones (excluding diaryl/α,β-unsaturated/α-hetero) is 1. The molecule has 21 heavy (non-hydrogen) atoms. The zero-order valence-electron chi connectivity index (χ0n) is 13.6. The van der Waals surface area contributed by atoms with Crippen LogP contribution in [0.1, 0.15) is 53.4 Å². The predicted octanol–water partition coefficient (Wildman–Crippen LogP) is 1.74. The molecule has 2 amide bonds. The van der Waals surface area contributed by atoms with Crippen LogP contribution in [0.2, 0.25) is 0 Å². The van der Waals surface area contributed by atoms with Gasteiger partial charge in [-0.05, 0) is 18.8 Å². The molecule has 120 valence electrons. The first-order valence-corrected chi connectivity index (χ1v) is 7.76. The first kappa shape index (κ1) is 17.7. The van der Waals surface area contributed by atoms with Crippen molar-refractivity contribution in [2.75, 3.05) is 13.1 Å². The second-order valence-electron chi connectivity index (χ2n) is 6.90. The van der Waals surface area contributed by atoms with Crippen molar-refractivity contribution in [3.05, 3.63) is 0 Å². The van der Waals surface area contributed by atoms with Crippen LogP contribution in [0, 0.1) is 17.3 Å².